The summed E-state index contributed by atoms with van der Waals surface area (Å²) in [6.45, 7) is 0. The highest BCUT2D eigenvalue weighted by atomic mass is 79.9. The van der Waals surface area contributed by atoms with Gasteiger partial charge in [0.15, 0.2) is 0 Å². The van der Waals surface area contributed by atoms with Crippen molar-refractivity contribution in [3.63, 3.8) is 0 Å². The van der Waals surface area contributed by atoms with Crippen LogP contribution in [0.1, 0.15) is 0 Å². The lowest BCUT2D eigenvalue weighted by Gasteiger charge is -1.87. The molecular formula is C3HBrN4O4. The summed E-state index contributed by atoms with van der Waals surface area (Å²) in [4.78, 5) is 18.6. The third-order valence-corrected chi connectivity index (χ3v) is 1.60. The minimum Gasteiger partial charge on any atom is -0.358 e. The van der Waals surface area contributed by atoms with Crippen LogP contribution < -0.4 is 0 Å². The van der Waals surface area contributed by atoms with Crippen LogP contribution in [0.5, 0.6) is 0 Å². The molecule has 1 rings (SSSR count). The maximum atomic E-state index is 10.2. The Morgan fingerprint density at radius 1 is 1.33 bits per heavy atom. The Bertz CT molecular complexity index is 346. The predicted molar refractivity (Wildman–Crippen MR) is 39.6 cm³/mol. The van der Waals surface area contributed by atoms with Crippen LogP contribution in [0.4, 0.5) is 11.5 Å². The highest BCUT2D eigenvalue weighted by Crippen LogP contribution is 2.30. The number of hydrogen-bond donors (Lipinski definition) is 1. The van der Waals surface area contributed by atoms with Gasteiger partial charge in [0.2, 0.25) is 4.60 Å². The molecule has 0 radical (unpaired) electrons. The fraction of sp³-hybridized carbons (Fsp3) is 0. The van der Waals surface area contributed by atoms with E-state index in [4.69, 9.17) is 0 Å². The summed E-state index contributed by atoms with van der Waals surface area (Å²) in [6, 6.07) is 0. The van der Waals surface area contributed by atoms with Gasteiger partial charge in [-0.15, -0.1) is 5.10 Å². The van der Waals surface area contributed by atoms with E-state index < -0.39 is 21.4 Å². The van der Waals surface area contributed by atoms with Crippen LogP contribution in [0.15, 0.2) is 4.60 Å². The first-order chi connectivity index (χ1) is 5.54. The van der Waals surface area contributed by atoms with Gasteiger partial charge in [-0.3, -0.25) is 10.1 Å². The van der Waals surface area contributed by atoms with Gasteiger partial charge in [0.05, 0.1) is 4.92 Å². The largest absolute Gasteiger partial charge is 0.422 e. The van der Waals surface area contributed by atoms with Gasteiger partial charge < -0.3 is 10.1 Å². The van der Waals surface area contributed by atoms with Gasteiger partial charge in [0, 0.05) is 0 Å². The summed E-state index contributed by atoms with van der Waals surface area (Å²) < 4.78 is -0.181. The van der Waals surface area contributed by atoms with Gasteiger partial charge in [0.1, 0.15) is 0 Å². The molecule has 1 aromatic heterocycles. The lowest BCUT2D eigenvalue weighted by Crippen LogP contribution is -1.94. The summed E-state index contributed by atoms with van der Waals surface area (Å²) in [5.41, 5.74) is -0.667. The Labute approximate surface area is 73.0 Å². The van der Waals surface area contributed by atoms with Crippen molar-refractivity contribution in [2.24, 2.45) is 0 Å². The van der Waals surface area contributed by atoms with Gasteiger partial charge in [-0.25, -0.2) is 0 Å². The number of rotatable bonds is 2. The van der Waals surface area contributed by atoms with Gasteiger partial charge in [-0.05, 0) is 20.9 Å². The molecule has 1 aromatic rings. The molecule has 0 amide bonds. The molecule has 64 valence electrons. The zero-order valence-electron chi connectivity index (χ0n) is 5.35. The summed E-state index contributed by atoms with van der Waals surface area (Å²) in [5, 5.41) is 25.6. The van der Waals surface area contributed by atoms with Crippen molar-refractivity contribution in [2.75, 3.05) is 0 Å². The number of aromatic nitrogens is 2. The number of nitro groups is 2. The zero-order valence-corrected chi connectivity index (χ0v) is 6.94. The van der Waals surface area contributed by atoms with E-state index in [1.807, 2.05) is 5.10 Å². The third-order valence-electron chi connectivity index (χ3n) is 1.04. The van der Waals surface area contributed by atoms with E-state index in [0.29, 0.717) is 0 Å². The van der Waals surface area contributed by atoms with Crippen molar-refractivity contribution in [2.45, 2.75) is 0 Å². The Hall–Kier alpha value is -1.51. The van der Waals surface area contributed by atoms with Gasteiger partial charge in [-0.2, -0.15) is 0 Å². The van der Waals surface area contributed by atoms with E-state index in [2.05, 4.69) is 21.0 Å². The maximum absolute atomic E-state index is 10.2. The van der Waals surface area contributed by atoms with Crippen molar-refractivity contribution >= 4 is 27.4 Å². The number of nitrogens with one attached hydrogen (secondary N) is 1. The van der Waals surface area contributed by atoms with E-state index in [1.54, 1.807) is 0 Å². The Kier molecular flexibility index (Phi) is 2.04. The van der Waals surface area contributed by atoms with Crippen LogP contribution in [0.25, 0.3) is 0 Å². The van der Waals surface area contributed by atoms with E-state index in [-0.39, 0.29) is 4.60 Å². The van der Waals surface area contributed by atoms with Gasteiger partial charge in [-0.1, -0.05) is 5.10 Å². The van der Waals surface area contributed by atoms with Crippen LogP contribution in [-0.4, -0.2) is 20.0 Å². The minimum atomic E-state index is -0.907. The Morgan fingerprint density at radius 3 is 2.25 bits per heavy atom. The van der Waals surface area contributed by atoms with E-state index in [0.717, 1.165) is 0 Å². The Morgan fingerprint density at radius 2 is 1.92 bits per heavy atom. The molecule has 0 aliphatic rings. The van der Waals surface area contributed by atoms with Crippen molar-refractivity contribution in [3.8, 4) is 0 Å². The topological polar surface area (TPSA) is 115 Å². The first-order valence-corrected chi connectivity index (χ1v) is 3.36. The van der Waals surface area contributed by atoms with E-state index >= 15 is 0 Å². The molecule has 0 atom stereocenters. The SMILES string of the molecule is O=[N+]([O-])c1[nH]nc(Br)c1[N+](=O)[O-]. The fourth-order valence-electron chi connectivity index (χ4n) is 0.595. The van der Waals surface area contributed by atoms with Crippen molar-refractivity contribution < 1.29 is 9.85 Å². The smallest absolute Gasteiger partial charge is 0.358 e. The zero-order chi connectivity index (χ0) is 9.30. The lowest BCUT2D eigenvalue weighted by atomic mass is 10.5. The summed E-state index contributed by atoms with van der Waals surface area (Å²) in [6.07, 6.45) is 0. The van der Waals surface area contributed by atoms with Crippen LogP contribution in [0.2, 0.25) is 0 Å². The molecule has 0 bridgehead atoms. The second-order valence-electron chi connectivity index (χ2n) is 1.73. The minimum absolute atomic E-state index is 0.181. The summed E-state index contributed by atoms with van der Waals surface area (Å²) in [5.74, 6) is -0.730. The molecule has 0 aliphatic carbocycles. The van der Waals surface area contributed by atoms with Crippen LogP contribution in [0, 0.1) is 20.2 Å². The monoisotopic (exact) mass is 236 g/mol. The highest BCUT2D eigenvalue weighted by molar-refractivity contribution is 9.10. The quantitative estimate of drug-likeness (QED) is 0.608. The first-order valence-electron chi connectivity index (χ1n) is 2.56. The van der Waals surface area contributed by atoms with Crippen molar-refractivity contribution in [1.82, 2.24) is 10.2 Å². The number of aromatic amines is 1. The highest BCUT2D eigenvalue weighted by Gasteiger charge is 2.31. The average molecular weight is 237 g/mol. The standard InChI is InChI=1S/C3HBrN4O4/c4-2-1(7(9)10)3(6-5-2)8(11)12/h(H,5,6). The first kappa shape index (κ1) is 8.59. The Balaban J connectivity index is 3.31. The van der Waals surface area contributed by atoms with Crippen molar-refractivity contribution in [1.29, 1.82) is 0 Å². The lowest BCUT2D eigenvalue weighted by molar-refractivity contribution is -0.425. The second kappa shape index (κ2) is 2.85. The molecule has 0 aliphatic heterocycles. The fourth-order valence-corrected chi connectivity index (χ4v) is 1.02. The molecule has 1 N–H and O–H groups in total. The average Bonchev–Trinajstić information content (AvgIpc) is 2.30. The summed E-state index contributed by atoms with van der Waals surface area (Å²) >= 11 is 2.70. The van der Waals surface area contributed by atoms with E-state index in [1.165, 1.54) is 0 Å². The molecular weight excluding hydrogens is 236 g/mol. The normalized spacial score (nSPS) is 9.75. The molecule has 12 heavy (non-hydrogen) atoms. The third kappa shape index (κ3) is 1.25. The van der Waals surface area contributed by atoms with Gasteiger partial charge in [0.25, 0.3) is 0 Å². The van der Waals surface area contributed by atoms with E-state index in [9.17, 15) is 20.2 Å². The number of halogens is 1. The van der Waals surface area contributed by atoms with Crippen LogP contribution in [-0.2, 0) is 0 Å². The van der Waals surface area contributed by atoms with Crippen molar-refractivity contribution in [3.05, 3.63) is 24.8 Å². The molecule has 0 unspecified atom stereocenters. The molecule has 0 spiro atoms. The van der Waals surface area contributed by atoms with Gasteiger partial charge >= 0.3 is 11.5 Å². The molecule has 0 fully saturated rings. The molecule has 1 heterocycles. The molecule has 9 heteroatoms. The second-order valence-corrected chi connectivity index (χ2v) is 2.48. The number of nitrogens with zero attached hydrogens (tertiary/aromatic N) is 3. The molecule has 0 saturated heterocycles. The predicted octanol–water partition coefficient (Wildman–Crippen LogP) is 0.989. The maximum Gasteiger partial charge on any atom is 0.422 e. The number of H-pyrrole nitrogens is 1. The molecule has 0 aromatic carbocycles. The van der Waals surface area contributed by atoms with Crippen LogP contribution >= 0.6 is 15.9 Å². The summed E-state index contributed by atoms with van der Waals surface area (Å²) in [7, 11) is 0. The molecule has 0 saturated carbocycles. The number of hydrogen-bond acceptors (Lipinski definition) is 5. The van der Waals surface area contributed by atoms with Crippen LogP contribution in [0.3, 0.4) is 0 Å². The molecule has 8 nitrogen and oxygen atoms in total.